The highest BCUT2D eigenvalue weighted by Gasteiger charge is 2.27. The van der Waals surface area contributed by atoms with E-state index in [1.54, 1.807) is 6.20 Å². The molecule has 0 atom stereocenters. The van der Waals surface area contributed by atoms with Gasteiger partial charge in [0.25, 0.3) is 0 Å². The van der Waals surface area contributed by atoms with Gasteiger partial charge in [0.1, 0.15) is 0 Å². The molecule has 18 heavy (non-hydrogen) atoms. The third-order valence-electron chi connectivity index (χ3n) is 2.93. The van der Waals surface area contributed by atoms with E-state index < -0.39 is 0 Å². The topological polar surface area (TPSA) is 50.3 Å². The van der Waals surface area contributed by atoms with E-state index in [9.17, 15) is 0 Å². The van der Waals surface area contributed by atoms with Crippen LogP contribution in [-0.4, -0.2) is 41.7 Å². The molecule has 100 valence electrons. The molecule has 0 aliphatic carbocycles. The van der Waals surface area contributed by atoms with Crippen LogP contribution in [0.4, 0.5) is 5.95 Å². The number of piperazine rings is 1. The third-order valence-corrected chi connectivity index (χ3v) is 2.93. The monoisotopic (exact) mass is 250 g/mol. The first-order valence-electron chi connectivity index (χ1n) is 6.56. The van der Waals surface area contributed by atoms with Crippen LogP contribution in [0.2, 0.25) is 0 Å². The minimum Gasteiger partial charge on any atom is -0.478 e. The zero-order chi connectivity index (χ0) is 13.0. The Labute approximate surface area is 109 Å². The summed E-state index contributed by atoms with van der Waals surface area (Å²) in [6.45, 7) is 9.96. The van der Waals surface area contributed by atoms with Gasteiger partial charge < -0.3 is 15.0 Å². The number of hydrogen-bond acceptors (Lipinski definition) is 5. The Hall–Kier alpha value is -1.36. The minimum atomic E-state index is 0.0991. The zero-order valence-corrected chi connectivity index (χ0v) is 11.4. The molecule has 0 saturated carbocycles. The molecule has 1 aromatic rings. The SMILES string of the molecule is CCCOc1ccnc(N2CCNC(C)(C)C2)n1. The highest BCUT2D eigenvalue weighted by Crippen LogP contribution is 2.18. The smallest absolute Gasteiger partial charge is 0.228 e. The first kappa shape index (κ1) is 13.1. The van der Waals surface area contributed by atoms with Gasteiger partial charge in [0.2, 0.25) is 11.8 Å². The van der Waals surface area contributed by atoms with Crippen LogP contribution in [0.25, 0.3) is 0 Å². The number of nitrogens with one attached hydrogen (secondary N) is 1. The Kier molecular flexibility index (Phi) is 4.01. The zero-order valence-electron chi connectivity index (χ0n) is 11.4. The lowest BCUT2D eigenvalue weighted by Gasteiger charge is -2.39. The Bertz CT molecular complexity index is 394. The summed E-state index contributed by atoms with van der Waals surface area (Å²) in [5, 5.41) is 3.48. The quantitative estimate of drug-likeness (QED) is 0.876. The van der Waals surface area contributed by atoms with Gasteiger partial charge in [0.15, 0.2) is 0 Å². The van der Waals surface area contributed by atoms with E-state index in [2.05, 4.69) is 41.0 Å². The third kappa shape index (κ3) is 3.32. The molecule has 1 N–H and O–H groups in total. The second-order valence-electron chi connectivity index (χ2n) is 5.28. The summed E-state index contributed by atoms with van der Waals surface area (Å²) < 4.78 is 5.55. The van der Waals surface area contributed by atoms with E-state index >= 15 is 0 Å². The number of aromatic nitrogens is 2. The normalized spacial score (nSPS) is 18.7. The van der Waals surface area contributed by atoms with Crippen molar-refractivity contribution in [1.82, 2.24) is 15.3 Å². The van der Waals surface area contributed by atoms with Gasteiger partial charge in [-0.3, -0.25) is 0 Å². The fraction of sp³-hybridized carbons (Fsp3) is 0.692. The minimum absolute atomic E-state index is 0.0991. The molecule has 1 saturated heterocycles. The second kappa shape index (κ2) is 5.52. The van der Waals surface area contributed by atoms with Crippen molar-refractivity contribution >= 4 is 5.95 Å². The maximum absolute atomic E-state index is 5.55. The molecule has 5 nitrogen and oxygen atoms in total. The van der Waals surface area contributed by atoms with Crippen LogP contribution in [-0.2, 0) is 0 Å². The summed E-state index contributed by atoms with van der Waals surface area (Å²) in [4.78, 5) is 11.0. The Balaban J connectivity index is 2.07. The van der Waals surface area contributed by atoms with E-state index in [0.717, 1.165) is 32.0 Å². The summed E-state index contributed by atoms with van der Waals surface area (Å²) in [6, 6.07) is 1.81. The van der Waals surface area contributed by atoms with Gasteiger partial charge in [-0.25, -0.2) is 4.98 Å². The van der Waals surface area contributed by atoms with Gasteiger partial charge in [0.05, 0.1) is 6.61 Å². The Morgan fingerprint density at radius 3 is 3.06 bits per heavy atom. The summed E-state index contributed by atoms with van der Waals surface area (Å²) in [5.41, 5.74) is 0.0991. The van der Waals surface area contributed by atoms with Gasteiger partial charge in [-0.2, -0.15) is 4.98 Å². The number of hydrogen-bond donors (Lipinski definition) is 1. The van der Waals surface area contributed by atoms with Crippen molar-refractivity contribution in [3.05, 3.63) is 12.3 Å². The number of rotatable bonds is 4. The molecule has 5 heteroatoms. The van der Waals surface area contributed by atoms with E-state index in [4.69, 9.17) is 4.74 Å². The molecule has 0 amide bonds. The van der Waals surface area contributed by atoms with Crippen LogP contribution in [0.1, 0.15) is 27.2 Å². The first-order chi connectivity index (χ1) is 8.61. The molecule has 0 aromatic carbocycles. The van der Waals surface area contributed by atoms with E-state index in [1.807, 2.05) is 6.07 Å². The van der Waals surface area contributed by atoms with Crippen molar-refractivity contribution in [1.29, 1.82) is 0 Å². The molecular formula is C13H22N4O. The summed E-state index contributed by atoms with van der Waals surface area (Å²) in [7, 11) is 0. The van der Waals surface area contributed by atoms with Crippen LogP contribution < -0.4 is 15.0 Å². The van der Waals surface area contributed by atoms with Crippen molar-refractivity contribution in [2.75, 3.05) is 31.1 Å². The molecule has 1 aliphatic heterocycles. The lowest BCUT2D eigenvalue weighted by atomic mass is 10.0. The Morgan fingerprint density at radius 2 is 2.33 bits per heavy atom. The van der Waals surface area contributed by atoms with E-state index in [-0.39, 0.29) is 5.54 Å². The summed E-state index contributed by atoms with van der Waals surface area (Å²) in [6.07, 6.45) is 2.75. The average molecular weight is 250 g/mol. The number of nitrogens with zero attached hydrogens (tertiary/aromatic N) is 3. The molecule has 1 aromatic heterocycles. The van der Waals surface area contributed by atoms with Crippen molar-refractivity contribution in [3.63, 3.8) is 0 Å². The van der Waals surface area contributed by atoms with Gasteiger partial charge in [-0.05, 0) is 20.3 Å². The summed E-state index contributed by atoms with van der Waals surface area (Å²) >= 11 is 0. The fourth-order valence-electron chi connectivity index (χ4n) is 2.08. The van der Waals surface area contributed by atoms with Crippen molar-refractivity contribution in [3.8, 4) is 5.88 Å². The highest BCUT2D eigenvalue weighted by molar-refractivity contribution is 5.34. The molecule has 1 fully saturated rings. The molecular weight excluding hydrogens is 228 g/mol. The predicted molar refractivity (Wildman–Crippen MR) is 72.1 cm³/mol. The lowest BCUT2D eigenvalue weighted by molar-refractivity contribution is 0.303. The van der Waals surface area contributed by atoms with Crippen LogP contribution in [0.3, 0.4) is 0 Å². The standard InChI is InChI=1S/C13H22N4O/c1-4-9-18-11-5-6-14-12(16-11)17-8-7-15-13(2,3)10-17/h5-6,15H,4,7-10H2,1-3H3. The van der Waals surface area contributed by atoms with Crippen molar-refractivity contribution in [2.45, 2.75) is 32.7 Å². The van der Waals surface area contributed by atoms with Crippen LogP contribution >= 0.6 is 0 Å². The maximum atomic E-state index is 5.55. The van der Waals surface area contributed by atoms with Gasteiger partial charge in [0, 0.05) is 37.4 Å². The molecule has 1 aliphatic rings. The van der Waals surface area contributed by atoms with Gasteiger partial charge >= 0.3 is 0 Å². The number of ether oxygens (including phenoxy) is 1. The van der Waals surface area contributed by atoms with E-state index in [1.165, 1.54) is 0 Å². The van der Waals surface area contributed by atoms with Gasteiger partial charge in [-0.1, -0.05) is 6.92 Å². The summed E-state index contributed by atoms with van der Waals surface area (Å²) in [5.74, 6) is 1.43. The molecule has 0 bridgehead atoms. The first-order valence-corrected chi connectivity index (χ1v) is 6.56. The van der Waals surface area contributed by atoms with Gasteiger partial charge in [-0.15, -0.1) is 0 Å². The molecule has 0 spiro atoms. The average Bonchev–Trinajstić information content (AvgIpc) is 2.35. The van der Waals surface area contributed by atoms with Crippen LogP contribution in [0.5, 0.6) is 5.88 Å². The lowest BCUT2D eigenvalue weighted by Crippen LogP contribution is -2.57. The van der Waals surface area contributed by atoms with Crippen LogP contribution in [0.15, 0.2) is 12.3 Å². The number of anilines is 1. The molecule has 0 radical (unpaired) electrons. The predicted octanol–water partition coefficient (Wildman–Crippen LogP) is 1.45. The second-order valence-corrected chi connectivity index (χ2v) is 5.28. The molecule has 2 rings (SSSR count). The van der Waals surface area contributed by atoms with Crippen molar-refractivity contribution in [2.24, 2.45) is 0 Å². The van der Waals surface area contributed by atoms with Crippen molar-refractivity contribution < 1.29 is 4.74 Å². The fourth-order valence-corrected chi connectivity index (χ4v) is 2.08. The Morgan fingerprint density at radius 1 is 1.50 bits per heavy atom. The maximum Gasteiger partial charge on any atom is 0.228 e. The largest absolute Gasteiger partial charge is 0.478 e. The molecule has 2 heterocycles. The van der Waals surface area contributed by atoms with Crippen LogP contribution in [0, 0.1) is 0 Å². The molecule has 0 unspecified atom stereocenters. The highest BCUT2D eigenvalue weighted by atomic mass is 16.5. The van der Waals surface area contributed by atoms with E-state index in [0.29, 0.717) is 12.5 Å².